The molecule has 0 unspecified atom stereocenters. The van der Waals surface area contributed by atoms with Crippen molar-refractivity contribution in [1.29, 1.82) is 0 Å². The maximum absolute atomic E-state index is 5.42. The Morgan fingerprint density at radius 3 is 2.67 bits per heavy atom. The maximum Gasteiger partial charge on any atom is 0.133 e. The van der Waals surface area contributed by atoms with E-state index >= 15 is 0 Å². The molecule has 4 heteroatoms. The van der Waals surface area contributed by atoms with Crippen LogP contribution in [0.15, 0.2) is 60.8 Å². The number of thioether (sulfide) groups is 1. The number of thiocarbonyl (C=S) groups is 1. The first-order chi connectivity index (χ1) is 11.8. The van der Waals surface area contributed by atoms with Crippen LogP contribution < -0.4 is 5.32 Å². The van der Waals surface area contributed by atoms with Gasteiger partial charge in [0.15, 0.2) is 0 Å². The van der Waals surface area contributed by atoms with E-state index in [1.807, 2.05) is 0 Å². The van der Waals surface area contributed by atoms with Crippen LogP contribution in [-0.4, -0.2) is 21.6 Å². The number of fused-ring (bicyclic) bond motifs is 1. The fourth-order valence-electron chi connectivity index (χ4n) is 2.77. The Morgan fingerprint density at radius 2 is 1.79 bits per heavy atom. The van der Waals surface area contributed by atoms with Crippen molar-refractivity contribution in [3.63, 3.8) is 0 Å². The molecule has 0 fully saturated rings. The van der Waals surface area contributed by atoms with E-state index in [1.54, 1.807) is 11.8 Å². The average Bonchev–Trinajstić information content (AvgIpc) is 3.03. The second-order valence-electron chi connectivity index (χ2n) is 5.76. The van der Waals surface area contributed by atoms with Crippen LogP contribution in [-0.2, 0) is 12.8 Å². The first-order valence-electron chi connectivity index (χ1n) is 8.32. The summed E-state index contributed by atoms with van der Waals surface area (Å²) in [6, 6.07) is 19.0. The molecule has 0 spiro atoms. The third-order valence-corrected chi connectivity index (χ3v) is 5.42. The van der Waals surface area contributed by atoms with Crippen LogP contribution in [0.4, 0.5) is 0 Å². The van der Waals surface area contributed by atoms with E-state index in [2.05, 4.69) is 71.1 Å². The SMILES string of the molecule is S=C(NCCc1c[nH]c2ccccc12)SCCCc1ccccc1. The highest BCUT2D eigenvalue weighted by atomic mass is 32.2. The van der Waals surface area contributed by atoms with Crippen molar-refractivity contribution >= 4 is 39.2 Å². The molecule has 124 valence electrons. The molecular formula is C20H22N2S2. The lowest BCUT2D eigenvalue weighted by Crippen LogP contribution is -2.21. The van der Waals surface area contributed by atoms with Gasteiger partial charge in [-0.15, -0.1) is 0 Å². The second kappa shape index (κ2) is 8.90. The van der Waals surface area contributed by atoms with E-state index in [4.69, 9.17) is 12.2 Å². The highest BCUT2D eigenvalue weighted by Gasteiger charge is 2.03. The molecule has 0 amide bonds. The van der Waals surface area contributed by atoms with Crippen molar-refractivity contribution in [3.8, 4) is 0 Å². The summed E-state index contributed by atoms with van der Waals surface area (Å²) in [5, 5.41) is 4.67. The second-order valence-corrected chi connectivity index (χ2v) is 7.53. The van der Waals surface area contributed by atoms with E-state index < -0.39 is 0 Å². The van der Waals surface area contributed by atoms with Crippen LogP contribution in [0.1, 0.15) is 17.5 Å². The Labute approximate surface area is 153 Å². The highest BCUT2D eigenvalue weighted by molar-refractivity contribution is 8.22. The zero-order valence-electron chi connectivity index (χ0n) is 13.6. The largest absolute Gasteiger partial charge is 0.371 e. The van der Waals surface area contributed by atoms with Crippen LogP contribution in [0.25, 0.3) is 10.9 Å². The van der Waals surface area contributed by atoms with Gasteiger partial charge in [-0.2, -0.15) is 0 Å². The Morgan fingerprint density at radius 1 is 1.00 bits per heavy atom. The van der Waals surface area contributed by atoms with Crippen molar-refractivity contribution in [2.45, 2.75) is 19.3 Å². The molecule has 0 radical (unpaired) electrons. The number of benzene rings is 2. The lowest BCUT2D eigenvalue weighted by Gasteiger charge is -2.07. The number of para-hydroxylation sites is 1. The van der Waals surface area contributed by atoms with Gasteiger partial charge in [0.25, 0.3) is 0 Å². The molecular weight excluding hydrogens is 332 g/mol. The maximum atomic E-state index is 5.42. The number of nitrogens with one attached hydrogen (secondary N) is 2. The van der Waals surface area contributed by atoms with E-state index in [0.29, 0.717) is 0 Å². The van der Waals surface area contributed by atoms with Crippen molar-refractivity contribution in [3.05, 3.63) is 71.9 Å². The number of aryl methyl sites for hydroxylation is 1. The molecule has 0 bridgehead atoms. The molecule has 2 nitrogen and oxygen atoms in total. The quantitative estimate of drug-likeness (QED) is 0.464. The summed E-state index contributed by atoms with van der Waals surface area (Å²) in [4.78, 5) is 3.32. The average molecular weight is 355 g/mol. The number of hydrogen-bond acceptors (Lipinski definition) is 2. The lowest BCUT2D eigenvalue weighted by molar-refractivity contribution is 0.886. The molecule has 2 N–H and O–H groups in total. The number of aromatic nitrogens is 1. The van der Waals surface area contributed by atoms with Crippen molar-refractivity contribution in [1.82, 2.24) is 10.3 Å². The summed E-state index contributed by atoms with van der Waals surface area (Å²) >= 11 is 7.17. The van der Waals surface area contributed by atoms with Crippen molar-refractivity contribution in [2.24, 2.45) is 0 Å². The molecule has 0 saturated carbocycles. The van der Waals surface area contributed by atoms with Gasteiger partial charge in [-0.25, -0.2) is 0 Å². The Balaban J connectivity index is 1.34. The molecule has 3 aromatic rings. The molecule has 1 heterocycles. The van der Waals surface area contributed by atoms with Gasteiger partial charge in [-0.1, -0.05) is 72.5 Å². The summed E-state index contributed by atoms with van der Waals surface area (Å²) < 4.78 is 0.905. The Hall–Kier alpha value is -1.78. The predicted molar refractivity (Wildman–Crippen MR) is 110 cm³/mol. The lowest BCUT2D eigenvalue weighted by atomic mass is 10.1. The molecule has 3 rings (SSSR count). The molecule has 24 heavy (non-hydrogen) atoms. The van der Waals surface area contributed by atoms with Gasteiger partial charge in [0.1, 0.15) is 4.32 Å². The van der Waals surface area contributed by atoms with Crippen LogP contribution in [0.3, 0.4) is 0 Å². The van der Waals surface area contributed by atoms with E-state index in [0.717, 1.165) is 35.9 Å². The standard InChI is InChI=1S/C20H22N2S2/c23-20(24-14-6-9-16-7-2-1-3-8-16)21-13-12-17-15-22-19-11-5-4-10-18(17)19/h1-5,7-8,10-11,15,22H,6,9,12-14H2,(H,21,23). The minimum absolute atomic E-state index is 0.881. The topological polar surface area (TPSA) is 27.8 Å². The minimum Gasteiger partial charge on any atom is -0.371 e. The third-order valence-electron chi connectivity index (χ3n) is 4.02. The number of rotatable bonds is 7. The fourth-order valence-corrected chi connectivity index (χ4v) is 3.80. The minimum atomic E-state index is 0.881. The van der Waals surface area contributed by atoms with Gasteiger partial charge >= 0.3 is 0 Å². The molecule has 0 aliphatic rings. The van der Waals surface area contributed by atoms with E-state index in [9.17, 15) is 0 Å². The van der Waals surface area contributed by atoms with Crippen molar-refractivity contribution < 1.29 is 0 Å². The summed E-state index contributed by atoms with van der Waals surface area (Å²) in [5.41, 5.74) is 3.94. The van der Waals surface area contributed by atoms with Crippen LogP contribution in [0, 0.1) is 0 Å². The highest BCUT2D eigenvalue weighted by Crippen LogP contribution is 2.17. The van der Waals surface area contributed by atoms with Gasteiger partial charge in [0, 0.05) is 29.4 Å². The van der Waals surface area contributed by atoms with Gasteiger partial charge in [0.05, 0.1) is 0 Å². The molecule has 0 aliphatic heterocycles. The predicted octanol–water partition coefficient (Wildman–Crippen LogP) is 4.95. The zero-order valence-corrected chi connectivity index (χ0v) is 15.3. The third kappa shape index (κ3) is 4.86. The smallest absolute Gasteiger partial charge is 0.133 e. The van der Waals surface area contributed by atoms with Gasteiger partial charge in [-0.05, 0) is 36.5 Å². The molecule has 2 aromatic carbocycles. The van der Waals surface area contributed by atoms with E-state index in [-0.39, 0.29) is 0 Å². The summed E-state index contributed by atoms with van der Waals surface area (Å²) in [6.45, 7) is 0.881. The molecule has 0 atom stereocenters. The molecule has 0 aliphatic carbocycles. The van der Waals surface area contributed by atoms with Gasteiger partial charge in [0.2, 0.25) is 0 Å². The van der Waals surface area contributed by atoms with E-state index in [1.165, 1.54) is 22.0 Å². The number of H-pyrrole nitrogens is 1. The van der Waals surface area contributed by atoms with Crippen molar-refractivity contribution in [2.75, 3.05) is 12.3 Å². The summed E-state index contributed by atoms with van der Waals surface area (Å²) in [6.07, 6.45) is 5.35. The number of hydrogen-bond donors (Lipinski definition) is 2. The van der Waals surface area contributed by atoms with Gasteiger partial charge in [-0.3, -0.25) is 0 Å². The zero-order chi connectivity index (χ0) is 16.6. The van der Waals surface area contributed by atoms with Crippen LogP contribution in [0.2, 0.25) is 0 Å². The summed E-state index contributed by atoms with van der Waals surface area (Å²) in [5.74, 6) is 1.06. The first-order valence-corrected chi connectivity index (χ1v) is 9.72. The molecule has 1 aromatic heterocycles. The van der Waals surface area contributed by atoms with Crippen LogP contribution >= 0.6 is 24.0 Å². The first kappa shape index (κ1) is 17.1. The van der Waals surface area contributed by atoms with Crippen LogP contribution in [0.5, 0.6) is 0 Å². The monoisotopic (exact) mass is 354 g/mol. The summed E-state index contributed by atoms with van der Waals surface area (Å²) in [7, 11) is 0. The normalized spacial score (nSPS) is 10.8. The van der Waals surface area contributed by atoms with Gasteiger partial charge < -0.3 is 10.3 Å². The fraction of sp³-hybridized carbons (Fsp3) is 0.250. The Bertz CT molecular complexity index is 780. The molecule has 0 saturated heterocycles. The number of aromatic amines is 1. The Kier molecular flexibility index (Phi) is 6.33.